The molecule has 1 aromatic carbocycles. The van der Waals surface area contributed by atoms with E-state index in [9.17, 15) is 0 Å². The number of benzene rings is 1. The van der Waals surface area contributed by atoms with Gasteiger partial charge in [-0.1, -0.05) is 38.1 Å². The molecule has 0 saturated carbocycles. The van der Waals surface area contributed by atoms with Gasteiger partial charge in [0, 0.05) is 24.1 Å². The Morgan fingerprint density at radius 2 is 1.81 bits per heavy atom. The molecule has 0 aliphatic rings. The van der Waals surface area contributed by atoms with E-state index in [-0.39, 0.29) is 5.54 Å². The molecular formula is C18H26N2O. The summed E-state index contributed by atoms with van der Waals surface area (Å²) in [5.41, 5.74) is 2.55. The molecule has 0 radical (unpaired) electrons. The first-order valence-electron chi connectivity index (χ1n) is 7.65. The van der Waals surface area contributed by atoms with Gasteiger partial charge in [-0.25, -0.2) is 4.98 Å². The molecule has 0 aliphatic carbocycles. The van der Waals surface area contributed by atoms with Crippen molar-refractivity contribution in [3.8, 4) is 11.3 Å². The van der Waals surface area contributed by atoms with Gasteiger partial charge < -0.3 is 9.73 Å². The summed E-state index contributed by atoms with van der Waals surface area (Å²) < 4.78 is 5.83. The third-order valence-corrected chi connectivity index (χ3v) is 3.41. The molecule has 0 amide bonds. The van der Waals surface area contributed by atoms with Crippen LogP contribution >= 0.6 is 0 Å². The summed E-state index contributed by atoms with van der Waals surface area (Å²) in [6, 6.07) is 8.52. The van der Waals surface area contributed by atoms with E-state index in [0.29, 0.717) is 5.92 Å². The number of hydrogen-bond donors (Lipinski definition) is 1. The average molecular weight is 286 g/mol. The zero-order valence-corrected chi connectivity index (χ0v) is 13.7. The van der Waals surface area contributed by atoms with Crippen LogP contribution in [-0.4, -0.2) is 17.1 Å². The van der Waals surface area contributed by atoms with Crippen LogP contribution in [0.3, 0.4) is 0 Å². The predicted octanol–water partition coefficient (Wildman–Crippen LogP) is 4.40. The highest BCUT2D eigenvalue weighted by Crippen LogP contribution is 2.23. The molecule has 3 heteroatoms. The smallest absolute Gasteiger partial charge is 0.196 e. The monoisotopic (exact) mass is 286 g/mol. The van der Waals surface area contributed by atoms with Gasteiger partial charge in [-0.2, -0.15) is 0 Å². The first-order valence-corrected chi connectivity index (χ1v) is 7.65. The highest BCUT2D eigenvalue weighted by atomic mass is 16.4. The molecule has 0 fully saturated rings. The van der Waals surface area contributed by atoms with Crippen molar-refractivity contribution in [2.45, 2.75) is 52.5 Å². The van der Waals surface area contributed by atoms with Gasteiger partial charge in [0.2, 0.25) is 0 Å². The molecule has 0 saturated heterocycles. The largest absolute Gasteiger partial charge is 0.441 e. The number of aromatic nitrogens is 1. The molecule has 0 atom stereocenters. The molecule has 0 spiro atoms. The second-order valence-corrected chi connectivity index (χ2v) is 6.82. The lowest BCUT2D eigenvalue weighted by atomic mass is 10.0. The quantitative estimate of drug-likeness (QED) is 0.885. The van der Waals surface area contributed by atoms with Crippen molar-refractivity contribution in [1.29, 1.82) is 0 Å². The van der Waals surface area contributed by atoms with Crippen molar-refractivity contribution in [3.63, 3.8) is 0 Å². The van der Waals surface area contributed by atoms with Crippen molar-refractivity contribution in [1.82, 2.24) is 10.3 Å². The van der Waals surface area contributed by atoms with E-state index in [1.807, 2.05) is 6.20 Å². The third-order valence-electron chi connectivity index (χ3n) is 3.41. The zero-order chi connectivity index (χ0) is 15.5. The minimum atomic E-state index is 0.127. The molecule has 114 valence electrons. The molecule has 2 aromatic rings. The summed E-state index contributed by atoms with van der Waals surface area (Å²) >= 11 is 0. The van der Waals surface area contributed by atoms with Gasteiger partial charge in [-0.15, -0.1) is 0 Å². The normalized spacial score (nSPS) is 12.1. The highest BCUT2D eigenvalue weighted by molar-refractivity contribution is 5.56. The molecule has 1 heterocycles. The molecule has 0 bridgehead atoms. The van der Waals surface area contributed by atoms with Gasteiger partial charge in [0.05, 0.1) is 6.20 Å². The van der Waals surface area contributed by atoms with E-state index >= 15 is 0 Å². The van der Waals surface area contributed by atoms with Gasteiger partial charge in [-0.05, 0) is 32.3 Å². The van der Waals surface area contributed by atoms with Crippen LogP contribution in [0.4, 0.5) is 0 Å². The Balaban J connectivity index is 1.99. The summed E-state index contributed by atoms with van der Waals surface area (Å²) in [6.45, 7) is 11.7. The number of hydrogen-bond acceptors (Lipinski definition) is 3. The Morgan fingerprint density at radius 3 is 2.38 bits per heavy atom. The predicted molar refractivity (Wildman–Crippen MR) is 87.5 cm³/mol. The lowest BCUT2D eigenvalue weighted by molar-refractivity contribution is 0.412. The Hall–Kier alpha value is -1.61. The maximum absolute atomic E-state index is 5.83. The summed E-state index contributed by atoms with van der Waals surface area (Å²) in [7, 11) is 0. The van der Waals surface area contributed by atoms with E-state index in [0.717, 1.165) is 30.2 Å². The standard InChI is InChI=1S/C18H26N2O/c1-13(2)14-6-8-15(9-7-14)16-12-19-17(21-16)10-11-20-18(3,4)5/h6-9,12-13,20H,10-11H2,1-5H3. The summed E-state index contributed by atoms with van der Waals surface area (Å²) in [5, 5.41) is 3.44. The fourth-order valence-electron chi connectivity index (χ4n) is 2.14. The van der Waals surface area contributed by atoms with E-state index in [4.69, 9.17) is 4.42 Å². The lowest BCUT2D eigenvalue weighted by Gasteiger charge is -2.19. The number of rotatable bonds is 5. The molecule has 1 aromatic heterocycles. The summed E-state index contributed by atoms with van der Waals surface area (Å²) in [5.74, 6) is 2.18. The Bertz CT molecular complexity index is 562. The number of nitrogens with one attached hydrogen (secondary N) is 1. The van der Waals surface area contributed by atoms with Gasteiger partial charge in [0.25, 0.3) is 0 Å². The van der Waals surface area contributed by atoms with Crippen LogP contribution in [0.25, 0.3) is 11.3 Å². The molecule has 21 heavy (non-hydrogen) atoms. The Labute approximate surface area is 127 Å². The van der Waals surface area contributed by atoms with E-state index in [2.05, 4.69) is 69.2 Å². The maximum Gasteiger partial charge on any atom is 0.196 e. The molecule has 2 rings (SSSR count). The van der Waals surface area contributed by atoms with Crippen LogP contribution in [0.1, 0.15) is 52.0 Å². The SMILES string of the molecule is CC(C)c1ccc(-c2cnc(CCNC(C)(C)C)o2)cc1. The van der Waals surface area contributed by atoms with Crippen molar-refractivity contribution in [2.24, 2.45) is 0 Å². The molecule has 1 N–H and O–H groups in total. The van der Waals surface area contributed by atoms with Gasteiger partial charge >= 0.3 is 0 Å². The first kappa shape index (κ1) is 15.8. The van der Waals surface area contributed by atoms with Gasteiger partial charge in [0.15, 0.2) is 11.7 Å². The zero-order valence-electron chi connectivity index (χ0n) is 13.7. The van der Waals surface area contributed by atoms with Crippen molar-refractivity contribution >= 4 is 0 Å². The fourth-order valence-corrected chi connectivity index (χ4v) is 2.14. The van der Waals surface area contributed by atoms with E-state index in [1.165, 1.54) is 5.56 Å². The van der Waals surface area contributed by atoms with Gasteiger partial charge in [0.1, 0.15) is 0 Å². The average Bonchev–Trinajstić information content (AvgIpc) is 2.86. The molecule has 3 nitrogen and oxygen atoms in total. The van der Waals surface area contributed by atoms with Crippen LogP contribution in [-0.2, 0) is 6.42 Å². The fraction of sp³-hybridized carbons (Fsp3) is 0.500. The third kappa shape index (κ3) is 4.71. The van der Waals surface area contributed by atoms with E-state index in [1.54, 1.807) is 0 Å². The van der Waals surface area contributed by atoms with Crippen LogP contribution in [0.2, 0.25) is 0 Å². The minimum absolute atomic E-state index is 0.127. The van der Waals surface area contributed by atoms with Crippen molar-refractivity contribution < 1.29 is 4.42 Å². The number of oxazole rings is 1. The Morgan fingerprint density at radius 1 is 1.14 bits per heavy atom. The number of nitrogens with zero attached hydrogens (tertiary/aromatic N) is 1. The maximum atomic E-state index is 5.83. The lowest BCUT2D eigenvalue weighted by Crippen LogP contribution is -2.37. The van der Waals surface area contributed by atoms with Crippen LogP contribution < -0.4 is 5.32 Å². The minimum Gasteiger partial charge on any atom is -0.441 e. The Kier molecular flexibility index (Phi) is 4.84. The van der Waals surface area contributed by atoms with Crippen LogP contribution in [0.15, 0.2) is 34.9 Å². The summed E-state index contributed by atoms with van der Waals surface area (Å²) in [4.78, 5) is 4.36. The van der Waals surface area contributed by atoms with E-state index < -0.39 is 0 Å². The molecule has 0 aliphatic heterocycles. The second kappa shape index (κ2) is 6.44. The second-order valence-electron chi connectivity index (χ2n) is 6.82. The van der Waals surface area contributed by atoms with Crippen molar-refractivity contribution in [3.05, 3.63) is 41.9 Å². The first-order chi connectivity index (χ1) is 9.85. The highest BCUT2D eigenvalue weighted by Gasteiger charge is 2.10. The van der Waals surface area contributed by atoms with Crippen LogP contribution in [0.5, 0.6) is 0 Å². The van der Waals surface area contributed by atoms with Crippen LogP contribution in [0, 0.1) is 0 Å². The molecular weight excluding hydrogens is 260 g/mol. The topological polar surface area (TPSA) is 38.1 Å². The van der Waals surface area contributed by atoms with Crippen molar-refractivity contribution in [2.75, 3.05) is 6.54 Å². The van der Waals surface area contributed by atoms with Gasteiger partial charge in [-0.3, -0.25) is 0 Å². The summed E-state index contributed by atoms with van der Waals surface area (Å²) in [6.07, 6.45) is 2.62. The molecule has 0 unspecified atom stereocenters.